The summed E-state index contributed by atoms with van der Waals surface area (Å²) in [5.74, 6) is -0.0106. The molecule has 0 aliphatic heterocycles. The van der Waals surface area contributed by atoms with Crippen molar-refractivity contribution in [1.29, 1.82) is 5.26 Å². The van der Waals surface area contributed by atoms with Gasteiger partial charge in [0.1, 0.15) is 6.07 Å². The van der Waals surface area contributed by atoms with E-state index in [0.717, 1.165) is 21.9 Å². The Balaban J connectivity index is 1.06. The van der Waals surface area contributed by atoms with Gasteiger partial charge in [0.2, 0.25) is 5.76 Å². The van der Waals surface area contributed by atoms with E-state index in [1.54, 1.807) is 40.1 Å². The molecule has 0 N–H and O–H groups in total. The highest BCUT2D eigenvalue weighted by Crippen LogP contribution is 2.53. The highest BCUT2D eigenvalue weighted by molar-refractivity contribution is 7.39. The lowest BCUT2D eigenvalue weighted by Gasteiger charge is -2.30. The summed E-state index contributed by atoms with van der Waals surface area (Å²) in [7, 11) is 0. The van der Waals surface area contributed by atoms with E-state index < -0.39 is 0 Å². The number of fused-ring (bicyclic) bond motifs is 9. The van der Waals surface area contributed by atoms with E-state index in [1.165, 1.54) is 73.7 Å². The minimum atomic E-state index is -0.114. The van der Waals surface area contributed by atoms with Crippen molar-refractivity contribution in [2.75, 3.05) is 4.90 Å². The molecule has 8 aromatic rings. The van der Waals surface area contributed by atoms with Gasteiger partial charge in [-0.2, -0.15) is 5.26 Å². The van der Waals surface area contributed by atoms with Crippen LogP contribution in [0.3, 0.4) is 0 Å². The third-order valence-corrected chi connectivity index (χ3v) is 15.2. The molecule has 0 saturated heterocycles. The number of carbonyl (C=O) groups excluding carboxylic acids is 1. The number of anilines is 3. The van der Waals surface area contributed by atoms with Crippen molar-refractivity contribution < 1.29 is 9.53 Å². The molecular weight excluding hydrogens is 733 g/mol. The molecule has 0 atom stereocenters. The summed E-state index contributed by atoms with van der Waals surface area (Å²) in [5.41, 5.74) is 15.0. The number of benzene rings is 5. The molecule has 55 heavy (non-hydrogen) atoms. The normalized spacial score (nSPS) is 14.6. The van der Waals surface area contributed by atoms with Gasteiger partial charge in [-0.1, -0.05) is 100 Å². The molecule has 0 radical (unpaired) electrons. The SMILES string of the molecule is CC1(C)c2ccccc2-c2ccc(N(c3ccc(-c4cc5sc6cc(C=C(C#N)OC=O)sc6c5s4)cc3)c3ccc4c(c3)C(C)(C)c3ccccc3-4)cc21. The van der Waals surface area contributed by atoms with Crippen molar-refractivity contribution in [1.82, 2.24) is 0 Å². The minimum absolute atomic E-state index is 0.0106. The zero-order chi connectivity index (χ0) is 37.6. The molecule has 10 rings (SSSR count). The molecule has 0 bridgehead atoms. The van der Waals surface area contributed by atoms with Crippen LogP contribution in [0, 0.1) is 11.3 Å². The van der Waals surface area contributed by atoms with Crippen molar-refractivity contribution in [3.8, 4) is 38.8 Å². The smallest absolute Gasteiger partial charge is 0.299 e. The van der Waals surface area contributed by atoms with Crippen molar-refractivity contribution >= 4 is 82.4 Å². The van der Waals surface area contributed by atoms with Crippen LogP contribution < -0.4 is 4.90 Å². The molecule has 2 aliphatic rings. The number of nitriles is 1. The topological polar surface area (TPSA) is 53.3 Å². The first-order valence-corrected chi connectivity index (χ1v) is 20.7. The monoisotopic (exact) mass is 766 g/mol. The summed E-state index contributed by atoms with van der Waals surface area (Å²) in [4.78, 5) is 15.3. The third-order valence-electron chi connectivity index (χ3n) is 11.5. The van der Waals surface area contributed by atoms with Crippen LogP contribution >= 0.6 is 34.0 Å². The number of ether oxygens (including phenoxy) is 1. The molecule has 266 valence electrons. The van der Waals surface area contributed by atoms with E-state index in [1.807, 2.05) is 6.07 Å². The van der Waals surface area contributed by atoms with E-state index in [2.05, 4.69) is 154 Å². The molecule has 0 fully saturated rings. The number of hydrogen-bond acceptors (Lipinski definition) is 7. The van der Waals surface area contributed by atoms with Gasteiger partial charge in [0.15, 0.2) is 0 Å². The molecule has 7 heteroatoms. The van der Waals surface area contributed by atoms with E-state index in [4.69, 9.17) is 4.74 Å². The Kier molecular flexibility index (Phi) is 7.60. The highest BCUT2D eigenvalue weighted by Gasteiger charge is 2.37. The number of nitrogens with zero attached hydrogens (tertiary/aromatic N) is 2. The van der Waals surface area contributed by atoms with E-state index in [-0.39, 0.29) is 23.1 Å². The van der Waals surface area contributed by atoms with Crippen LogP contribution in [0.15, 0.2) is 127 Å². The second-order valence-electron chi connectivity index (χ2n) is 15.3. The Labute approximate surface area is 331 Å². The summed E-state index contributed by atoms with van der Waals surface area (Å²) in [6, 6.07) is 46.9. The fourth-order valence-electron chi connectivity index (χ4n) is 8.73. The molecule has 0 amide bonds. The van der Waals surface area contributed by atoms with Crippen molar-refractivity contribution in [2.24, 2.45) is 0 Å². The number of thiophene rings is 3. The maximum absolute atomic E-state index is 10.8. The second kappa shape index (κ2) is 12.4. The lowest BCUT2D eigenvalue weighted by molar-refractivity contribution is -0.124. The quantitative estimate of drug-likeness (QED) is 0.0921. The first kappa shape index (κ1) is 33.8. The summed E-state index contributed by atoms with van der Waals surface area (Å²) in [6.45, 7) is 9.66. The van der Waals surface area contributed by atoms with Gasteiger partial charge in [-0.15, -0.1) is 34.0 Å². The molecule has 0 saturated carbocycles. The molecule has 0 unspecified atom stereocenters. The maximum atomic E-state index is 10.8. The second-order valence-corrected chi connectivity index (χ2v) is 18.5. The number of carbonyl (C=O) groups is 1. The van der Waals surface area contributed by atoms with Gasteiger partial charge in [0.25, 0.3) is 6.47 Å². The van der Waals surface area contributed by atoms with Crippen LogP contribution in [0.5, 0.6) is 0 Å². The third kappa shape index (κ3) is 5.17. The standard InChI is InChI=1S/C48H34N2O2S3/c1-47(2)38-11-7-5-9-34(38)36-19-17-30(21-40(36)47)50(31-18-20-37-35-10-6-8-12-39(35)48(3,4)41(37)22-31)29-15-13-28(14-16-29)42-25-44-46(55-42)45-43(54-44)24-33(53-45)23-32(26-49)52-27-51/h5-25,27H,1-4H3. The van der Waals surface area contributed by atoms with Crippen LogP contribution in [0.2, 0.25) is 0 Å². The molecular formula is C48H34N2O2S3. The minimum Gasteiger partial charge on any atom is -0.417 e. The van der Waals surface area contributed by atoms with Crippen LogP contribution in [0.4, 0.5) is 17.1 Å². The van der Waals surface area contributed by atoms with Crippen LogP contribution in [0.25, 0.3) is 57.6 Å². The zero-order valence-corrected chi connectivity index (χ0v) is 33.1. The largest absolute Gasteiger partial charge is 0.417 e. The molecule has 4 nitrogen and oxygen atoms in total. The molecule has 0 spiro atoms. The van der Waals surface area contributed by atoms with Crippen LogP contribution in [0.1, 0.15) is 54.8 Å². The fourth-order valence-corrected chi connectivity index (χ4v) is 12.7. The van der Waals surface area contributed by atoms with Gasteiger partial charge in [-0.05, 0) is 98.6 Å². The van der Waals surface area contributed by atoms with Crippen molar-refractivity contribution in [3.63, 3.8) is 0 Å². The van der Waals surface area contributed by atoms with Gasteiger partial charge < -0.3 is 9.64 Å². The lowest BCUT2D eigenvalue weighted by atomic mass is 9.82. The number of rotatable bonds is 7. The molecule has 5 aromatic carbocycles. The van der Waals surface area contributed by atoms with Crippen molar-refractivity contribution in [3.05, 3.63) is 154 Å². The van der Waals surface area contributed by atoms with Crippen LogP contribution in [-0.2, 0) is 20.4 Å². The molecule has 2 aliphatic carbocycles. The lowest BCUT2D eigenvalue weighted by Crippen LogP contribution is -2.18. The van der Waals surface area contributed by atoms with Gasteiger partial charge >= 0.3 is 0 Å². The first-order valence-electron chi connectivity index (χ1n) is 18.2. The number of hydrogen-bond donors (Lipinski definition) is 0. The first-order chi connectivity index (χ1) is 26.6. The molecule has 3 heterocycles. The number of allylic oxidation sites excluding steroid dienone is 1. The van der Waals surface area contributed by atoms with Crippen LogP contribution in [-0.4, -0.2) is 6.47 Å². The fraction of sp³-hybridized carbons (Fsp3) is 0.125. The zero-order valence-electron chi connectivity index (χ0n) is 30.6. The predicted octanol–water partition coefficient (Wildman–Crippen LogP) is 14.0. The Morgan fingerprint density at radius 2 is 1.15 bits per heavy atom. The maximum Gasteiger partial charge on any atom is 0.299 e. The van der Waals surface area contributed by atoms with Gasteiger partial charge in [0, 0.05) is 53.1 Å². The van der Waals surface area contributed by atoms with Gasteiger partial charge in [0.05, 0.1) is 9.40 Å². The van der Waals surface area contributed by atoms with Gasteiger partial charge in [-0.3, -0.25) is 4.79 Å². The Bertz CT molecular complexity index is 2840. The Hall–Kier alpha value is -5.78. The summed E-state index contributed by atoms with van der Waals surface area (Å²) >= 11 is 5.15. The Morgan fingerprint density at radius 1 is 0.618 bits per heavy atom. The van der Waals surface area contributed by atoms with Crippen molar-refractivity contribution in [2.45, 2.75) is 38.5 Å². The van der Waals surface area contributed by atoms with Gasteiger partial charge in [-0.25, -0.2) is 0 Å². The highest BCUT2D eigenvalue weighted by atomic mass is 32.1. The summed E-state index contributed by atoms with van der Waals surface area (Å²) < 4.78 is 9.66. The van der Waals surface area contributed by atoms with E-state index >= 15 is 0 Å². The Morgan fingerprint density at radius 3 is 1.73 bits per heavy atom. The average molecular weight is 767 g/mol. The van der Waals surface area contributed by atoms with E-state index in [0.29, 0.717) is 0 Å². The summed E-state index contributed by atoms with van der Waals surface area (Å²) in [5, 5.41) is 9.32. The predicted molar refractivity (Wildman–Crippen MR) is 231 cm³/mol. The summed E-state index contributed by atoms with van der Waals surface area (Å²) in [6.07, 6.45) is 1.62. The molecule has 3 aromatic heterocycles. The van der Waals surface area contributed by atoms with E-state index in [9.17, 15) is 10.1 Å². The average Bonchev–Trinajstić information content (AvgIpc) is 3.97.